The Morgan fingerprint density at radius 1 is 1.20 bits per heavy atom. The number of anilines is 1. The topological polar surface area (TPSA) is 66.6 Å². The van der Waals surface area contributed by atoms with Crippen LogP contribution in [0.3, 0.4) is 0 Å². The highest BCUT2D eigenvalue weighted by Crippen LogP contribution is 2.15. The molecular weight excluding hydrogens is 338 g/mol. The van der Waals surface area contributed by atoms with E-state index in [0.717, 1.165) is 21.9 Å². The van der Waals surface area contributed by atoms with Crippen LogP contribution in [-0.4, -0.2) is 32.7 Å². The first-order valence-electron chi connectivity index (χ1n) is 8.02. The number of benzene rings is 2. The smallest absolute Gasteiger partial charge is 0.279 e. The van der Waals surface area contributed by atoms with Crippen LogP contribution in [0.15, 0.2) is 48.5 Å². The summed E-state index contributed by atoms with van der Waals surface area (Å²) in [5.74, 6) is 0.705. The van der Waals surface area contributed by atoms with Crippen LogP contribution in [0, 0.1) is 11.3 Å². The maximum absolute atomic E-state index is 12.1. The Morgan fingerprint density at radius 3 is 2.52 bits per heavy atom. The van der Waals surface area contributed by atoms with Crippen molar-refractivity contribution in [2.45, 2.75) is 6.42 Å². The number of quaternary nitrogens is 1. The first kappa shape index (κ1) is 18.8. The number of likely N-dealkylation sites (N-methyl/N-ethyl adjacent to an activating group) is 1. The first-order valence-corrected chi connectivity index (χ1v) is 8.40. The van der Waals surface area contributed by atoms with Gasteiger partial charge in [-0.1, -0.05) is 23.7 Å². The highest BCUT2D eigenvalue weighted by atomic mass is 35.5. The van der Waals surface area contributed by atoms with E-state index in [1.807, 2.05) is 43.4 Å². The lowest BCUT2D eigenvalue weighted by Crippen LogP contribution is -3.10. The number of ether oxygens (including phenoxy) is 1. The van der Waals surface area contributed by atoms with Gasteiger partial charge in [0.2, 0.25) is 0 Å². The molecule has 0 spiro atoms. The monoisotopic (exact) mass is 358 g/mol. The van der Waals surface area contributed by atoms with E-state index in [1.54, 1.807) is 12.1 Å². The molecule has 0 radical (unpaired) electrons. The Labute approximate surface area is 152 Å². The Bertz CT molecular complexity index is 724. The van der Waals surface area contributed by atoms with Crippen LogP contribution in [0.25, 0.3) is 0 Å². The molecule has 0 heterocycles. The molecule has 0 saturated carbocycles. The molecule has 0 aliphatic heterocycles. The summed E-state index contributed by atoms with van der Waals surface area (Å²) in [4.78, 5) is 13.1. The highest BCUT2D eigenvalue weighted by Gasteiger charge is 2.10. The quantitative estimate of drug-likeness (QED) is 0.757. The van der Waals surface area contributed by atoms with Gasteiger partial charge in [0, 0.05) is 10.7 Å². The van der Waals surface area contributed by atoms with E-state index >= 15 is 0 Å². The molecular formula is C19H21ClN3O2+. The predicted molar refractivity (Wildman–Crippen MR) is 98.0 cm³/mol. The Kier molecular flexibility index (Phi) is 7.27. The van der Waals surface area contributed by atoms with Gasteiger partial charge in [-0.15, -0.1) is 0 Å². The van der Waals surface area contributed by atoms with E-state index in [4.69, 9.17) is 21.6 Å². The SMILES string of the molecule is C[NH+](CCOc1ccc(Cl)cc1)CC(=O)Nc1ccc(CC#N)cc1. The van der Waals surface area contributed by atoms with Crippen LogP contribution in [0.1, 0.15) is 5.56 Å². The molecule has 2 rings (SSSR count). The number of halogens is 1. The third kappa shape index (κ3) is 6.84. The van der Waals surface area contributed by atoms with Crippen molar-refractivity contribution in [2.24, 2.45) is 0 Å². The average molecular weight is 359 g/mol. The fourth-order valence-electron chi connectivity index (χ4n) is 2.24. The zero-order valence-corrected chi connectivity index (χ0v) is 14.8. The van der Waals surface area contributed by atoms with Gasteiger partial charge >= 0.3 is 0 Å². The second-order valence-corrected chi connectivity index (χ2v) is 6.20. The summed E-state index contributed by atoms with van der Waals surface area (Å²) >= 11 is 5.83. The minimum atomic E-state index is -0.0583. The number of carbonyl (C=O) groups excluding carboxylic acids is 1. The van der Waals surface area contributed by atoms with E-state index in [0.29, 0.717) is 31.1 Å². The van der Waals surface area contributed by atoms with Crippen molar-refractivity contribution >= 4 is 23.2 Å². The summed E-state index contributed by atoms with van der Waals surface area (Å²) in [7, 11) is 1.95. The third-order valence-corrected chi connectivity index (χ3v) is 3.85. The largest absolute Gasteiger partial charge is 0.488 e. The molecule has 1 unspecified atom stereocenters. The highest BCUT2D eigenvalue weighted by molar-refractivity contribution is 6.30. The van der Waals surface area contributed by atoms with Crippen LogP contribution in [0.2, 0.25) is 5.02 Å². The number of nitriles is 1. The van der Waals surface area contributed by atoms with Gasteiger partial charge in [-0.2, -0.15) is 5.26 Å². The molecule has 2 aromatic rings. The van der Waals surface area contributed by atoms with Crippen LogP contribution in [0.5, 0.6) is 5.75 Å². The lowest BCUT2D eigenvalue weighted by Gasteiger charge is -2.14. The molecule has 0 fully saturated rings. The molecule has 0 aromatic heterocycles. The van der Waals surface area contributed by atoms with Crippen molar-refractivity contribution in [3.63, 3.8) is 0 Å². The van der Waals surface area contributed by atoms with Crippen molar-refractivity contribution in [1.82, 2.24) is 0 Å². The van der Waals surface area contributed by atoms with Crippen molar-refractivity contribution in [2.75, 3.05) is 32.1 Å². The van der Waals surface area contributed by atoms with Gasteiger partial charge in [-0.25, -0.2) is 0 Å². The summed E-state index contributed by atoms with van der Waals surface area (Å²) in [6.07, 6.45) is 0.370. The molecule has 5 nitrogen and oxygen atoms in total. The van der Waals surface area contributed by atoms with Gasteiger partial charge in [-0.05, 0) is 42.0 Å². The van der Waals surface area contributed by atoms with Crippen molar-refractivity contribution in [1.29, 1.82) is 5.26 Å². The van der Waals surface area contributed by atoms with Crippen LogP contribution < -0.4 is 15.0 Å². The van der Waals surface area contributed by atoms with Crippen LogP contribution in [-0.2, 0) is 11.2 Å². The molecule has 130 valence electrons. The molecule has 0 bridgehead atoms. The van der Waals surface area contributed by atoms with Crippen molar-refractivity contribution in [3.8, 4) is 11.8 Å². The average Bonchev–Trinajstić information content (AvgIpc) is 2.58. The first-order chi connectivity index (χ1) is 12.1. The molecule has 0 aliphatic carbocycles. The van der Waals surface area contributed by atoms with E-state index in [9.17, 15) is 4.79 Å². The normalized spacial score (nSPS) is 11.4. The van der Waals surface area contributed by atoms with Gasteiger partial charge in [0.1, 0.15) is 18.9 Å². The number of nitrogens with one attached hydrogen (secondary N) is 2. The Balaban J connectivity index is 1.70. The number of nitrogens with zero attached hydrogens (tertiary/aromatic N) is 1. The number of rotatable bonds is 8. The second-order valence-electron chi connectivity index (χ2n) is 5.77. The Morgan fingerprint density at radius 2 is 1.88 bits per heavy atom. The second kappa shape index (κ2) is 9.67. The summed E-state index contributed by atoms with van der Waals surface area (Å²) in [6, 6.07) is 16.6. The van der Waals surface area contributed by atoms with Crippen molar-refractivity contribution < 1.29 is 14.4 Å². The Hall–Kier alpha value is -2.55. The lowest BCUT2D eigenvalue weighted by atomic mass is 10.1. The molecule has 0 saturated heterocycles. The number of hydrogen-bond donors (Lipinski definition) is 2. The standard InChI is InChI=1S/C19H20ClN3O2/c1-23(12-13-25-18-8-4-16(20)5-9-18)14-19(24)22-17-6-2-15(3-7-17)10-11-21/h2-9H,10,12-14H2,1H3,(H,22,24)/p+1. The van der Waals surface area contributed by atoms with Crippen LogP contribution in [0.4, 0.5) is 5.69 Å². The maximum atomic E-state index is 12.1. The van der Waals surface area contributed by atoms with E-state index in [-0.39, 0.29) is 5.91 Å². The van der Waals surface area contributed by atoms with Crippen molar-refractivity contribution in [3.05, 3.63) is 59.1 Å². The molecule has 2 N–H and O–H groups in total. The fourth-order valence-corrected chi connectivity index (χ4v) is 2.36. The zero-order valence-electron chi connectivity index (χ0n) is 14.1. The van der Waals surface area contributed by atoms with E-state index in [2.05, 4.69) is 11.4 Å². The molecule has 2 aromatic carbocycles. The third-order valence-electron chi connectivity index (χ3n) is 3.59. The van der Waals surface area contributed by atoms with Gasteiger partial charge < -0.3 is 15.0 Å². The summed E-state index contributed by atoms with van der Waals surface area (Å²) in [5, 5.41) is 12.2. The maximum Gasteiger partial charge on any atom is 0.279 e. The summed E-state index contributed by atoms with van der Waals surface area (Å²) in [6.45, 7) is 1.57. The number of amides is 1. The fraction of sp³-hybridized carbons (Fsp3) is 0.263. The molecule has 6 heteroatoms. The molecule has 25 heavy (non-hydrogen) atoms. The summed E-state index contributed by atoms with van der Waals surface area (Å²) in [5.41, 5.74) is 1.67. The van der Waals surface area contributed by atoms with Gasteiger partial charge in [0.15, 0.2) is 6.54 Å². The minimum absolute atomic E-state index is 0.0583. The molecule has 1 atom stereocenters. The minimum Gasteiger partial charge on any atom is -0.488 e. The lowest BCUT2D eigenvalue weighted by molar-refractivity contribution is -0.871. The summed E-state index contributed by atoms with van der Waals surface area (Å²) < 4.78 is 5.63. The van der Waals surface area contributed by atoms with Gasteiger partial charge in [0.05, 0.1) is 19.5 Å². The van der Waals surface area contributed by atoms with Gasteiger partial charge in [-0.3, -0.25) is 4.79 Å². The molecule has 1 amide bonds. The zero-order chi connectivity index (χ0) is 18.1. The number of hydrogen-bond acceptors (Lipinski definition) is 3. The van der Waals surface area contributed by atoms with Gasteiger partial charge in [0.25, 0.3) is 5.91 Å². The van der Waals surface area contributed by atoms with E-state index in [1.165, 1.54) is 0 Å². The predicted octanol–water partition coefficient (Wildman–Crippen LogP) is 1.94. The van der Waals surface area contributed by atoms with Crippen LogP contribution >= 0.6 is 11.6 Å². The number of carbonyl (C=O) groups is 1. The van der Waals surface area contributed by atoms with E-state index < -0.39 is 0 Å². The molecule has 0 aliphatic rings.